The number of halogens is 3. The molecule has 0 amide bonds. The zero-order chi connectivity index (χ0) is 15.0. The SMILES string of the molecule is O=C(c1ccc(OC2CC2)cc1)c1ccc(F)c(F)c1F. The second-order valence-corrected chi connectivity index (χ2v) is 4.89. The van der Waals surface area contributed by atoms with Gasteiger partial charge in [0.25, 0.3) is 0 Å². The highest BCUT2D eigenvalue weighted by atomic mass is 19.2. The zero-order valence-electron chi connectivity index (χ0n) is 10.9. The fourth-order valence-electron chi connectivity index (χ4n) is 1.92. The zero-order valence-corrected chi connectivity index (χ0v) is 10.9. The fourth-order valence-corrected chi connectivity index (χ4v) is 1.92. The van der Waals surface area contributed by atoms with Gasteiger partial charge in [0.2, 0.25) is 0 Å². The molecular weight excluding hydrogens is 281 g/mol. The monoisotopic (exact) mass is 292 g/mol. The molecule has 1 aliphatic carbocycles. The molecule has 0 spiro atoms. The van der Waals surface area contributed by atoms with Crippen molar-refractivity contribution in [2.24, 2.45) is 0 Å². The van der Waals surface area contributed by atoms with E-state index in [0.29, 0.717) is 5.75 Å². The van der Waals surface area contributed by atoms with Crippen LogP contribution in [0.15, 0.2) is 36.4 Å². The molecule has 0 unspecified atom stereocenters. The third kappa shape index (κ3) is 2.77. The Morgan fingerprint density at radius 1 is 0.952 bits per heavy atom. The molecule has 0 radical (unpaired) electrons. The standard InChI is InChI=1S/C16H11F3O2/c17-13-8-7-12(14(18)15(13)19)16(20)9-1-3-10(4-2-9)21-11-5-6-11/h1-4,7-8,11H,5-6H2. The van der Waals surface area contributed by atoms with Gasteiger partial charge in [-0.2, -0.15) is 0 Å². The van der Waals surface area contributed by atoms with Crippen LogP contribution in [0.4, 0.5) is 13.2 Å². The lowest BCUT2D eigenvalue weighted by Gasteiger charge is -2.07. The van der Waals surface area contributed by atoms with Gasteiger partial charge in [-0.05, 0) is 49.2 Å². The molecule has 0 aliphatic heterocycles. The van der Waals surface area contributed by atoms with Crippen LogP contribution in [-0.4, -0.2) is 11.9 Å². The van der Waals surface area contributed by atoms with Crippen molar-refractivity contribution in [1.82, 2.24) is 0 Å². The molecule has 0 saturated heterocycles. The van der Waals surface area contributed by atoms with Crippen molar-refractivity contribution in [3.63, 3.8) is 0 Å². The molecule has 108 valence electrons. The Hall–Kier alpha value is -2.30. The maximum atomic E-state index is 13.6. The van der Waals surface area contributed by atoms with E-state index in [1.807, 2.05) is 0 Å². The van der Waals surface area contributed by atoms with E-state index in [2.05, 4.69) is 0 Å². The second-order valence-electron chi connectivity index (χ2n) is 4.89. The van der Waals surface area contributed by atoms with Crippen molar-refractivity contribution in [2.45, 2.75) is 18.9 Å². The van der Waals surface area contributed by atoms with Crippen molar-refractivity contribution in [3.05, 3.63) is 65.0 Å². The topological polar surface area (TPSA) is 26.3 Å². The van der Waals surface area contributed by atoms with Gasteiger partial charge < -0.3 is 4.74 Å². The molecule has 1 saturated carbocycles. The molecule has 0 bridgehead atoms. The summed E-state index contributed by atoms with van der Waals surface area (Å²) in [7, 11) is 0. The Labute approximate surface area is 119 Å². The lowest BCUT2D eigenvalue weighted by atomic mass is 10.0. The summed E-state index contributed by atoms with van der Waals surface area (Å²) in [4.78, 5) is 12.1. The first-order valence-corrected chi connectivity index (χ1v) is 6.51. The van der Waals surface area contributed by atoms with Gasteiger partial charge in [-0.3, -0.25) is 4.79 Å². The van der Waals surface area contributed by atoms with Gasteiger partial charge in [-0.25, -0.2) is 13.2 Å². The smallest absolute Gasteiger partial charge is 0.196 e. The van der Waals surface area contributed by atoms with E-state index in [1.165, 1.54) is 12.1 Å². The van der Waals surface area contributed by atoms with Gasteiger partial charge >= 0.3 is 0 Å². The van der Waals surface area contributed by atoms with E-state index in [4.69, 9.17) is 4.74 Å². The van der Waals surface area contributed by atoms with E-state index < -0.39 is 28.8 Å². The molecule has 2 aromatic carbocycles. The fraction of sp³-hybridized carbons (Fsp3) is 0.188. The lowest BCUT2D eigenvalue weighted by Crippen LogP contribution is -2.07. The van der Waals surface area contributed by atoms with E-state index in [-0.39, 0.29) is 11.7 Å². The highest BCUT2D eigenvalue weighted by molar-refractivity contribution is 6.09. The summed E-state index contributed by atoms with van der Waals surface area (Å²) < 4.78 is 45.1. The van der Waals surface area contributed by atoms with E-state index in [9.17, 15) is 18.0 Å². The first-order chi connectivity index (χ1) is 10.1. The summed E-state index contributed by atoms with van der Waals surface area (Å²) in [5, 5.41) is 0. The van der Waals surface area contributed by atoms with Crippen molar-refractivity contribution in [3.8, 4) is 5.75 Å². The van der Waals surface area contributed by atoms with Gasteiger partial charge in [0.1, 0.15) is 5.75 Å². The number of ketones is 1. The average molecular weight is 292 g/mol. The third-order valence-electron chi connectivity index (χ3n) is 3.22. The average Bonchev–Trinajstić information content (AvgIpc) is 3.29. The van der Waals surface area contributed by atoms with Crippen LogP contribution in [0, 0.1) is 17.5 Å². The summed E-state index contributed by atoms with van der Waals surface area (Å²) in [6.45, 7) is 0. The molecule has 0 aromatic heterocycles. The Morgan fingerprint density at radius 3 is 2.24 bits per heavy atom. The molecule has 21 heavy (non-hydrogen) atoms. The summed E-state index contributed by atoms with van der Waals surface area (Å²) in [5.74, 6) is -4.52. The van der Waals surface area contributed by atoms with E-state index in [1.54, 1.807) is 12.1 Å². The molecule has 2 nitrogen and oxygen atoms in total. The van der Waals surface area contributed by atoms with E-state index in [0.717, 1.165) is 25.0 Å². The quantitative estimate of drug-likeness (QED) is 0.631. The van der Waals surface area contributed by atoms with Crippen LogP contribution in [0.1, 0.15) is 28.8 Å². The lowest BCUT2D eigenvalue weighted by molar-refractivity contribution is 0.103. The molecule has 1 fully saturated rings. The van der Waals surface area contributed by atoms with Crippen molar-refractivity contribution in [2.75, 3.05) is 0 Å². The van der Waals surface area contributed by atoms with Crippen molar-refractivity contribution in [1.29, 1.82) is 0 Å². The van der Waals surface area contributed by atoms with Crippen LogP contribution >= 0.6 is 0 Å². The van der Waals surface area contributed by atoms with Crippen molar-refractivity contribution >= 4 is 5.78 Å². The summed E-state index contributed by atoms with van der Waals surface area (Å²) in [6, 6.07) is 7.81. The first-order valence-electron chi connectivity index (χ1n) is 6.51. The van der Waals surface area contributed by atoms with Crippen LogP contribution in [0.3, 0.4) is 0 Å². The molecule has 3 rings (SSSR count). The summed E-state index contributed by atoms with van der Waals surface area (Å²) in [5.41, 5.74) is -0.312. The summed E-state index contributed by atoms with van der Waals surface area (Å²) in [6.07, 6.45) is 2.26. The highest BCUT2D eigenvalue weighted by Gasteiger charge is 2.24. The molecule has 0 N–H and O–H groups in total. The second kappa shape index (κ2) is 5.24. The number of ether oxygens (including phenoxy) is 1. The van der Waals surface area contributed by atoms with Gasteiger partial charge in [0.15, 0.2) is 23.2 Å². The van der Waals surface area contributed by atoms with Gasteiger partial charge in [0, 0.05) is 5.56 Å². The van der Waals surface area contributed by atoms with Crippen molar-refractivity contribution < 1.29 is 22.7 Å². The molecule has 1 aliphatic rings. The highest BCUT2D eigenvalue weighted by Crippen LogP contribution is 2.27. The maximum Gasteiger partial charge on any atom is 0.196 e. The van der Waals surface area contributed by atoms with Crippen LogP contribution < -0.4 is 4.74 Å². The normalized spacial score (nSPS) is 14.0. The minimum Gasteiger partial charge on any atom is -0.490 e. The minimum absolute atomic E-state index is 0.183. The predicted molar refractivity (Wildman–Crippen MR) is 69.8 cm³/mol. The Bertz CT molecular complexity index is 691. The number of rotatable bonds is 4. The molecule has 2 aromatic rings. The predicted octanol–water partition coefficient (Wildman–Crippen LogP) is 3.88. The molecular formula is C16H11F3O2. The van der Waals surface area contributed by atoms with Gasteiger partial charge in [-0.1, -0.05) is 0 Å². The van der Waals surface area contributed by atoms with Gasteiger partial charge in [-0.15, -0.1) is 0 Å². The van der Waals surface area contributed by atoms with E-state index >= 15 is 0 Å². The van der Waals surface area contributed by atoms with Crippen LogP contribution in [0.25, 0.3) is 0 Å². The molecule has 0 atom stereocenters. The number of benzene rings is 2. The Morgan fingerprint density at radius 2 is 1.62 bits per heavy atom. The Balaban J connectivity index is 1.85. The van der Waals surface area contributed by atoms with Gasteiger partial charge in [0.05, 0.1) is 11.7 Å². The minimum atomic E-state index is -1.64. The number of carbonyl (C=O) groups is 1. The molecule has 0 heterocycles. The Kier molecular flexibility index (Phi) is 3.41. The maximum absolute atomic E-state index is 13.6. The summed E-state index contributed by atoms with van der Waals surface area (Å²) >= 11 is 0. The third-order valence-corrected chi connectivity index (χ3v) is 3.22. The first kappa shape index (κ1) is 13.7. The number of hydrogen-bond donors (Lipinski definition) is 0. The van der Waals surface area contributed by atoms with Crippen LogP contribution in [-0.2, 0) is 0 Å². The largest absolute Gasteiger partial charge is 0.490 e. The molecule has 5 heteroatoms. The van der Waals surface area contributed by atoms with Crippen LogP contribution in [0.5, 0.6) is 5.75 Å². The number of carbonyl (C=O) groups excluding carboxylic acids is 1. The number of hydrogen-bond acceptors (Lipinski definition) is 2. The van der Waals surface area contributed by atoms with Crippen LogP contribution in [0.2, 0.25) is 0 Å².